The predicted octanol–water partition coefficient (Wildman–Crippen LogP) is 3.18. The number of carbonyl (C=O) groups is 1. The molecule has 0 saturated carbocycles. The fourth-order valence-electron chi connectivity index (χ4n) is 1.26. The molecule has 0 heterocycles. The number of hydrogen-bond acceptors (Lipinski definition) is 4. The third-order valence-electron chi connectivity index (χ3n) is 1.82. The fourth-order valence-corrected chi connectivity index (χ4v) is 2.28. The van der Waals surface area contributed by atoms with Crippen LogP contribution < -0.4 is 0 Å². The number of nitro benzene ring substituents is 1. The van der Waals surface area contributed by atoms with E-state index in [4.69, 9.17) is 5.11 Å². The van der Waals surface area contributed by atoms with Crippen LogP contribution in [0.3, 0.4) is 0 Å². The molecular formula is C11H13NO4S. The normalized spacial score (nSPS) is 11.2. The molecule has 0 aliphatic heterocycles. The van der Waals surface area contributed by atoms with E-state index in [-0.39, 0.29) is 16.0 Å². The standard InChI is InChI=1S/C11H13NO4S/c1-11(2,3)17-7-4-5-9(12(15)16)8(6-7)10(13)14/h4-6H,1-3H3,(H,13,14). The summed E-state index contributed by atoms with van der Waals surface area (Å²) >= 11 is 1.47. The van der Waals surface area contributed by atoms with Gasteiger partial charge in [-0.05, 0) is 12.1 Å². The first-order valence-corrected chi connectivity index (χ1v) is 5.73. The van der Waals surface area contributed by atoms with Crippen molar-refractivity contribution in [2.24, 2.45) is 0 Å². The van der Waals surface area contributed by atoms with Crippen LogP contribution in [-0.4, -0.2) is 20.7 Å². The van der Waals surface area contributed by atoms with Crippen LogP contribution in [0.5, 0.6) is 0 Å². The molecule has 0 saturated heterocycles. The van der Waals surface area contributed by atoms with Crippen LogP contribution in [0.2, 0.25) is 0 Å². The maximum atomic E-state index is 10.9. The van der Waals surface area contributed by atoms with Crippen LogP contribution >= 0.6 is 11.8 Å². The third kappa shape index (κ3) is 3.74. The Balaban J connectivity index is 3.19. The van der Waals surface area contributed by atoms with Gasteiger partial charge in [0.05, 0.1) is 4.92 Å². The second-order valence-corrected chi connectivity index (χ2v) is 6.36. The summed E-state index contributed by atoms with van der Waals surface area (Å²) in [4.78, 5) is 21.6. The SMILES string of the molecule is CC(C)(C)Sc1ccc([N+](=O)[O-])c(C(=O)O)c1. The molecule has 0 spiro atoms. The molecule has 17 heavy (non-hydrogen) atoms. The van der Waals surface area contributed by atoms with Gasteiger partial charge in [-0.15, -0.1) is 11.8 Å². The number of thioether (sulfide) groups is 1. The summed E-state index contributed by atoms with van der Waals surface area (Å²) in [6, 6.07) is 4.15. The first-order chi connectivity index (χ1) is 7.70. The van der Waals surface area contributed by atoms with Crippen molar-refractivity contribution in [3.05, 3.63) is 33.9 Å². The van der Waals surface area contributed by atoms with Gasteiger partial charge in [0.1, 0.15) is 5.56 Å². The highest BCUT2D eigenvalue weighted by Gasteiger charge is 2.21. The van der Waals surface area contributed by atoms with Crippen molar-refractivity contribution in [1.82, 2.24) is 0 Å². The fraction of sp³-hybridized carbons (Fsp3) is 0.364. The number of rotatable bonds is 3. The quantitative estimate of drug-likeness (QED) is 0.509. The van der Waals surface area contributed by atoms with E-state index in [1.165, 1.54) is 23.9 Å². The molecule has 5 nitrogen and oxygen atoms in total. The topological polar surface area (TPSA) is 80.4 Å². The Morgan fingerprint density at radius 1 is 1.41 bits per heavy atom. The first-order valence-electron chi connectivity index (χ1n) is 4.91. The lowest BCUT2D eigenvalue weighted by molar-refractivity contribution is -0.385. The molecular weight excluding hydrogens is 242 g/mol. The average Bonchev–Trinajstić information content (AvgIpc) is 2.14. The summed E-state index contributed by atoms with van der Waals surface area (Å²) in [5, 5.41) is 19.6. The molecule has 0 radical (unpaired) electrons. The van der Waals surface area contributed by atoms with Crippen LogP contribution in [0, 0.1) is 10.1 Å². The largest absolute Gasteiger partial charge is 0.477 e. The van der Waals surface area contributed by atoms with Gasteiger partial charge in [0.2, 0.25) is 0 Å². The second kappa shape index (κ2) is 4.75. The minimum Gasteiger partial charge on any atom is -0.477 e. The average molecular weight is 255 g/mol. The zero-order valence-corrected chi connectivity index (χ0v) is 10.6. The molecule has 0 aliphatic carbocycles. The van der Waals surface area contributed by atoms with Crippen molar-refractivity contribution in [3.63, 3.8) is 0 Å². The Morgan fingerprint density at radius 2 is 2.00 bits per heavy atom. The van der Waals surface area contributed by atoms with Gasteiger partial charge in [0.25, 0.3) is 5.69 Å². The molecule has 0 unspecified atom stereocenters. The maximum Gasteiger partial charge on any atom is 0.342 e. The van der Waals surface area contributed by atoms with Crippen LogP contribution in [0.1, 0.15) is 31.1 Å². The zero-order chi connectivity index (χ0) is 13.2. The van der Waals surface area contributed by atoms with E-state index >= 15 is 0 Å². The van der Waals surface area contributed by atoms with Gasteiger partial charge in [-0.2, -0.15) is 0 Å². The van der Waals surface area contributed by atoms with Gasteiger partial charge >= 0.3 is 5.97 Å². The number of benzene rings is 1. The van der Waals surface area contributed by atoms with Crippen molar-refractivity contribution in [3.8, 4) is 0 Å². The van der Waals surface area contributed by atoms with Crippen LogP contribution in [0.4, 0.5) is 5.69 Å². The van der Waals surface area contributed by atoms with Crippen molar-refractivity contribution in [1.29, 1.82) is 0 Å². The summed E-state index contributed by atoms with van der Waals surface area (Å²) in [6.07, 6.45) is 0. The summed E-state index contributed by atoms with van der Waals surface area (Å²) in [7, 11) is 0. The van der Waals surface area contributed by atoms with Gasteiger partial charge in [-0.25, -0.2) is 4.79 Å². The molecule has 92 valence electrons. The summed E-state index contributed by atoms with van der Waals surface area (Å²) in [6.45, 7) is 5.96. The van der Waals surface area contributed by atoms with Gasteiger partial charge in [0, 0.05) is 15.7 Å². The number of aromatic carboxylic acids is 1. The summed E-state index contributed by atoms with van der Waals surface area (Å²) in [5.74, 6) is -1.28. The van der Waals surface area contributed by atoms with Crippen molar-refractivity contribution >= 4 is 23.4 Å². The van der Waals surface area contributed by atoms with Gasteiger partial charge in [-0.1, -0.05) is 20.8 Å². The molecule has 1 aromatic rings. The molecule has 1 aromatic carbocycles. The molecule has 0 aromatic heterocycles. The van der Waals surface area contributed by atoms with Crippen molar-refractivity contribution in [2.75, 3.05) is 0 Å². The van der Waals surface area contributed by atoms with E-state index in [0.29, 0.717) is 4.90 Å². The molecule has 6 heteroatoms. The van der Waals surface area contributed by atoms with Gasteiger partial charge < -0.3 is 5.11 Å². The Labute approximate surface area is 103 Å². The molecule has 0 amide bonds. The highest BCUT2D eigenvalue weighted by molar-refractivity contribution is 8.00. The lowest BCUT2D eigenvalue weighted by Gasteiger charge is -2.17. The van der Waals surface area contributed by atoms with Crippen molar-refractivity contribution in [2.45, 2.75) is 30.4 Å². The van der Waals surface area contributed by atoms with Crippen molar-refractivity contribution < 1.29 is 14.8 Å². The van der Waals surface area contributed by atoms with Gasteiger partial charge in [0.15, 0.2) is 0 Å². The Kier molecular flexibility index (Phi) is 3.77. The highest BCUT2D eigenvalue weighted by Crippen LogP contribution is 2.34. The Bertz CT molecular complexity index is 465. The number of nitro groups is 1. The van der Waals surface area contributed by atoms with E-state index in [1.807, 2.05) is 20.8 Å². The summed E-state index contributed by atoms with van der Waals surface area (Å²) in [5.41, 5.74) is -0.653. The third-order valence-corrected chi connectivity index (χ3v) is 2.92. The zero-order valence-electron chi connectivity index (χ0n) is 9.76. The minimum absolute atomic E-state index is 0.0775. The van der Waals surface area contributed by atoms with Crippen LogP contribution in [-0.2, 0) is 0 Å². The van der Waals surface area contributed by atoms with Crippen LogP contribution in [0.25, 0.3) is 0 Å². The molecule has 0 fully saturated rings. The number of nitrogens with zero attached hydrogens (tertiary/aromatic N) is 1. The first kappa shape index (κ1) is 13.5. The maximum absolute atomic E-state index is 10.9. The second-order valence-electron chi connectivity index (χ2n) is 4.46. The molecule has 1 rings (SSSR count). The van der Waals surface area contributed by atoms with Gasteiger partial charge in [-0.3, -0.25) is 10.1 Å². The molecule has 1 N–H and O–H groups in total. The van der Waals surface area contributed by atoms with E-state index in [2.05, 4.69) is 0 Å². The molecule has 0 atom stereocenters. The Morgan fingerprint density at radius 3 is 2.41 bits per heavy atom. The monoisotopic (exact) mass is 255 g/mol. The lowest BCUT2D eigenvalue weighted by Crippen LogP contribution is -2.08. The Hall–Kier alpha value is -1.56. The van der Waals surface area contributed by atoms with Crippen LogP contribution in [0.15, 0.2) is 23.1 Å². The number of carboxylic acids is 1. The number of hydrogen-bond donors (Lipinski definition) is 1. The van der Waals surface area contributed by atoms with E-state index in [1.54, 1.807) is 6.07 Å². The predicted molar refractivity (Wildman–Crippen MR) is 65.7 cm³/mol. The van der Waals surface area contributed by atoms with E-state index in [0.717, 1.165) is 0 Å². The number of carboxylic acid groups (broad SMARTS) is 1. The van der Waals surface area contributed by atoms with E-state index < -0.39 is 10.9 Å². The minimum atomic E-state index is -1.28. The molecule has 0 bridgehead atoms. The summed E-state index contributed by atoms with van der Waals surface area (Å²) < 4.78 is -0.0775. The smallest absolute Gasteiger partial charge is 0.342 e. The van der Waals surface area contributed by atoms with E-state index in [9.17, 15) is 14.9 Å². The lowest BCUT2D eigenvalue weighted by atomic mass is 10.2. The molecule has 0 aliphatic rings. The highest BCUT2D eigenvalue weighted by atomic mass is 32.2.